The summed E-state index contributed by atoms with van der Waals surface area (Å²) >= 11 is 0. The van der Waals surface area contributed by atoms with Crippen LogP contribution in [0.4, 0.5) is 5.82 Å². The first-order valence-corrected chi connectivity index (χ1v) is 8.33. The molecule has 0 saturated carbocycles. The molecule has 1 aromatic heterocycles. The SMILES string of the molecule is CCOc1ccc(C(=O)N(Cc2ccccc2)c2cccc[nH+]2)cc1. The Hall–Kier alpha value is -3.14. The molecule has 0 aliphatic carbocycles. The number of carbonyl (C=O) groups excluding carboxylic acids is 1. The summed E-state index contributed by atoms with van der Waals surface area (Å²) in [6.45, 7) is 3.03. The Morgan fingerprint density at radius 3 is 2.32 bits per heavy atom. The van der Waals surface area contributed by atoms with Crippen molar-refractivity contribution in [2.24, 2.45) is 0 Å². The fraction of sp³-hybridized carbons (Fsp3) is 0.143. The summed E-state index contributed by atoms with van der Waals surface area (Å²) in [6, 6.07) is 22.9. The lowest BCUT2D eigenvalue weighted by Crippen LogP contribution is -2.34. The lowest BCUT2D eigenvalue weighted by Gasteiger charge is -2.15. The topological polar surface area (TPSA) is 43.7 Å². The first-order chi connectivity index (χ1) is 12.3. The van der Waals surface area contributed by atoms with Gasteiger partial charge in [-0.05, 0) is 42.8 Å². The van der Waals surface area contributed by atoms with Crippen LogP contribution in [0.25, 0.3) is 0 Å². The Bertz CT molecular complexity index is 802. The van der Waals surface area contributed by atoms with Gasteiger partial charge in [-0.3, -0.25) is 0 Å². The van der Waals surface area contributed by atoms with Gasteiger partial charge in [-0.15, -0.1) is 0 Å². The first kappa shape index (κ1) is 16.7. The van der Waals surface area contributed by atoms with E-state index in [1.54, 1.807) is 17.0 Å². The van der Waals surface area contributed by atoms with E-state index in [9.17, 15) is 4.79 Å². The third-order valence-corrected chi connectivity index (χ3v) is 3.82. The van der Waals surface area contributed by atoms with Gasteiger partial charge in [0, 0.05) is 6.07 Å². The van der Waals surface area contributed by atoms with Crippen LogP contribution in [0.15, 0.2) is 79.0 Å². The Kier molecular flexibility index (Phi) is 5.42. The Morgan fingerprint density at radius 1 is 0.960 bits per heavy atom. The molecule has 0 unspecified atom stereocenters. The summed E-state index contributed by atoms with van der Waals surface area (Å²) in [5.74, 6) is 1.46. The van der Waals surface area contributed by atoms with Crippen molar-refractivity contribution < 1.29 is 14.5 Å². The smallest absolute Gasteiger partial charge is 0.341 e. The largest absolute Gasteiger partial charge is 0.494 e. The van der Waals surface area contributed by atoms with Gasteiger partial charge in [0.25, 0.3) is 5.82 Å². The normalized spacial score (nSPS) is 10.3. The second-order valence-electron chi connectivity index (χ2n) is 5.58. The van der Waals surface area contributed by atoms with Crippen molar-refractivity contribution in [1.29, 1.82) is 0 Å². The maximum absolute atomic E-state index is 13.1. The molecule has 1 heterocycles. The van der Waals surface area contributed by atoms with Gasteiger partial charge in [-0.2, -0.15) is 4.90 Å². The Balaban J connectivity index is 1.89. The molecule has 1 amide bonds. The predicted molar refractivity (Wildman–Crippen MR) is 97.6 cm³/mol. The average Bonchev–Trinajstić information content (AvgIpc) is 2.68. The monoisotopic (exact) mass is 333 g/mol. The second-order valence-corrected chi connectivity index (χ2v) is 5.58. The van der Waals surface area contributed by atoms with Gasteiger partial charge in [-0.1, -0.05) is 36.4 Å². The number of carbonyl (C=O) groups is 1. The third kappa shape index (κ3) is 4.23. The lowest BCUT2D eigenvalue weighted by molar-refractivity contribution is -0.363. The molecule has 25 heavy (non-hydrogen) atoms. The number of pyridine rings is 1. The van der Waals surface area contributed by atoms with Crippen LogP contribution in [0.5, 0.6) is 5.75 Å². The molecule has 0 atom stereocenters. The van der Waals surface area contributed by atoms with E-state index in [0.717, 1.165) is 17.1 Å². The molecule has 2 aromatic carbocycles. The maximum Gasteiger partial charge on any atom is 0.341 e. The second kappa shape index (κ2) is 8.11. The third-order valence-electron chi connectivity index (χ3n) is 3.82. The average molecular weight is 333 g/mol. The van der Waals surface area contributed by atoms with Gasteiger partial charge in [0.15, 0.2) is 0 Å². The highest BCUT2D eigenvalue weighted by Gasteiger charge is 2.26. The molecule has 0 aliphatic rings. The fourth-order valence-corrected chi connectivity index (χ4v) is 2.60. The van der Waals surface area contributed by atoms with Crippen molar-refractivity contribution in [1.82, 2.24) is 0 Å². The minimum absolute atomic E-state index is 0.0608. The lowest BCUT2D eigenvalue weighted by atomic mass is 10.1. The van der Waals surface area contributed by atoms with E-state index >= 15 is 0 Å². The van der Waals surface area contributed by atoms with Crippen molar-refractivity contribution >= 4 is 11.7 Å². The van der Waals surface area contributed by atoms with E-state index in [-0.39, 0.29) is 5.91 Å². The van der Waals surface area contributed by atoms with Crippen LogP contribution < -0.4 is 14.6 Å². The Morgan fingerprint density at radius 2 is 1.68 bits per heavy atom. The number of nitrogens with zero attached hydrogens (tertiary/aromatic N) is 1. The van der Waals surface area contributed by atoms with E-state index in [0.29, 0.717) is 18.7 Å². The highest BCUT2D eigenvalue weighted by Crippen LogP contribution is 2.18. The van der Waals surface area contributed by atoms with Gasteiger partial charge >= 0.3 is 5.91 Å². The molecule has 3 rings (SSSR count). The molecular formula is C21H21N2O2+. The molecule has 3 aromatic rings. The van der Waals surface area contributed by atoms with Gasteiger partial charge < -0.3 is 4.74 Å². The summed E-state index contributed by atoms with van der Waals surface area (Å²) in [5.41, 5.74) is 1.69. The number of aromatic amines is 1. The van der Waals surface area contributed by atoms with Gasteiger partial charge in [-0.25, -0.2) is 9.78 Å². The predicted octanol–water partition coefficient (Wildman–Crippen LogP) is 3.75. The van der Waals surface area contributed by atoms with Gasteiger partial charge in [0.05, 0.1) is 18.4 Å². The van der Waals surface area contributed by atoms with Crippen molar-refractivity contribution in [3.05, 3.63) is 90.1 Å². The van der Waals surface area contributed by atoms with Crippen LogP contribution in [0.1, 0.15) is 22.8 Å². The summed E-state index contributed by atoms with van der Waals surface area (Å²) < 4.78 is 5.45. The van der Waals surface area contributed by atoms with Crippen molar-refractivity contribution in [3.8, 4) is 5.75 Å². The van der Waals surface area contributed by atoms with Crippen LogP contribution in [-0.4, -0.2) is 12.5 Å². The summed E-state index contributed by atoms with van der Waals surface area (Å²) in [6.07, 6.45) is 1.82. The van der Waals surface area contributed by atoms with Crippen molar-refractivity contribution in [2.45, 2.75) is 13.5 Å². The number of aromatic nitrogens is 1. The summed E-state index contributed by atoms with van der Waals surface area (Å²) in [7, 11) is 0. The minimum Gasteiger partial charge on any atom is -0.494 e. The zero-order valence-corrected chi connectivity index (χ0v) is 14.2. The number of nitrogens with one attached hydrogen (secondary N) is 1. The van der Waals surface area contributed by atoms with Crippen LogP contribution in [-0.2, 0) is 6.54 Å². The molecule has 126 valence electrons. The fourth-order valence-electron chi connectivity index (χ4n) is 2.60. The molecule has 0 bridgehead atoms. The standard InChI is InChI=1S/C21H20N2O2/c1-2-25-19-13-11-18(12-14-19)21(24)23(20-10-6-7-15-22-20)16-17-8-4-3-5-9-17/h3-15H,2,16H2,1H3/p+1. The zero-order valence-electron chi connectivity index (χ0n) is 14.2. The van der Waals surface area contributed by atoms with Crippen LogP contribution in [0.2, 0.25) is 0 Å². The van der Waals surface area contributed by atoms with Crippen LogP contribution >= 0.6 is 0 Å². The van der Waals surface area contributed by atoms with E-state index in [4.69, 9.17) is 4.74 Å². The molecule has 0 fully saturated rings. The zero-order chi connectivity index (χ0) is 17.5. The number of H-pyrrole nitrogens is 1. The number of benzene rings is 2. The van der Waals surface area contributed by atoms with Crippen molar-refractivity contribution in [3.63, 3.8) is 0 Å². The Labute approximate surface area is 147 Å². The minimum atomic E-state index is -0.0608. The molecule has 0 spiro atoms. The van der Waals surface area contributed by atoms with E-state index in [2.05, 4.69) is 4.98 Å². The highest BCUT2D eigenvalue weighted by molar-refractivity contribution is 6.05. The molecule has 0 radical (unpaired) electrons. The van der Waals surface area contributed by atoms with E-state index < -0.39 is 0 Å². The molecular weight excluding hydrogens is 312 g/mol. The number of amides is 1. The number of hydrogen-bond donors (Lipinski definition) is 0. The highest BCUT2D eigenvalue weighted by atomic mass is 16.5. The van der Waals surface area contributed by atoms with Crippen LogP contribution in [0.3, 0.4) is 0 Å². The maximum atomic E-state index is 13.1. The number of rotatable bonds is 6. The number of anilines is 1. The quantitative estimate of drug-likeness (QED) is 0.689. The number of hydrogen-bond acceptors (Lipinski definition) is 2. The van der Waals surface area contributed by atoms with Gasteiger partial charge in [0.2, 0.25) is 0 Å². The molecule has 0 aliphatic heterocycles. The molecule has 4 heteroatoms. The van der Waals surface area contributed by atoms with E-state index in [1.807, 2.05) is 73.8 Å². The van der Waals surface area contributed by atoms with Crippen LogP contribution in [0, 0.1) is 0 Å². The number of ether oxygens (including phenoxy) is 1. The molecule has 1 N–H and O–H groups in total. The van der Waals surface area contributed by atoms with Gasteiger partial charge in [0.1, 0.15) is 12.3 Å². The molecule has 0 saturated heterocycles. The summed E-state index contributed by atoms with van der Waals surface area (Å²) in [4.78, 5) is 18.0. The molecule has 4 nitrogen and oxygen atoms in total. The first-order valence-electron chi connectivity index (χ1n) is 8.33. The summed E-state index contributed by atoms with van der Waals surface area (Å²) in [5, 5.41) is 0. The van der Waals surface area contributed by atoms with Crippen molar-refractivity contribution in [2.75, 3.05) is 11.5 Å². The van der Waals surface area contributed by atoms with E-state index in [1.165, 1.54) is 0 Å².